The molecule has 4 aliphatic heterocycles. The third-order valence-electron chi connectivity index (χ3n) is 5.91. The molecule has 3 fully saturated rings. The highest BCUT2D eigenvalue weighted by atomic mass is 16.5. The molecule has 130 valence electrons. The number of nitrogens with one attached hydrogen (secondary N) is 1. The van der Waals surface area contributed by atoms with Crippen LogP contribution in [0, 0.1) is 11.1 Å². The Morgan fingerprint density at radius 3 is 2.79 bits per heavy atom. The van der Waals surface area contributed by atoms with Crippen LogP contribution in [0.4, 0.5) is 0 Å². The summed E-state index contributed by atoms with van der Waals surface area (Å²) in [6.07, 6.45) is 3.19. The van der Waals surface area contributed by atoms with E-state index in [1.165, 1.54) is 25.9 Å². The molecule has 4 heterocycles. The van der Waals surface area contributed by atoms with Gasteiger partial charge in [0.25, 0.3) is 0 Å². The minimum absolute atomic E-state index is 0.277. The number of carboxylic acids is 1. The van der Waals surface area contributed by atoms with Gasteiger partial charge in [0.1, 0.15) is 0 Å². The second-order valence-corrected chi connectivity index (χ2v) is 7.26. The summed E-state index contributed by atoms with van der Waals surface area (Å²) in [5, 5.41) is 26.4. The Bertz CT molecular complexity index is 628. The van der Waals surface area contributed by atoms with Gasteiger partial charge in [-0.25, -0.2) is 4.79 Å². The van der Waals surface area contributed by atoms with Crippen LogP contribution in [0.25, 0.3) is 0 Å². The number of hydroxylamine groups is 2. The molecule has 2 atom stereocenters. The summed E-state index contributed by atoms with van der Waals surface area (Å²) in [6, 6.07) is 5.37. The van der Waals surface area contributed by atoms with E-state index in [1.54, 1.807) is 12.1 Å². The summed E-state index contributed by atoms with van der Waals surface area (Å²) in [6.45, 7) is 4.59. The average molecular weight is 330 g/mol. The molecule has 2 unspecified atom stereocenters. The fourth-order valence-electron chi connectivity index (χ4n) is 4.64. The van der Waals surface area contributed by atoms with Crippen LogP contribution in [-0.2, 0) is 6.54 Å². The van der Waals surface area contributed by atoms with Crippen LogP contribution in [-0.4, -0.2) is 53.3 Å². The number of piperidine rings is 3. The van der Waals surface area contributed by atoms with E-state index in [0.717, 1.165) is 35.2 Å². The smallest absolute Gasteiger partial charge is 0.336 e. The van der Waals surface area contributed by atoms with E-state index in [1.807, 2.05) is 6.07 Å². The van der Waals surface area contributed by atoms with E-state index in [0.29, 0.717) is 19.0 Å². The molecule has 4 aliphatic rings. The van der Waals surface area contributed by atoms with Crippen LogP contribution in [0.2, 0.25) is 0 Å². The molecule has 0 aromatic heterocycles. The first-order valence-corrected chi connectivity index (χ1v) is 8.88. The van der Waals surface area contributed by atoms with Crippen LogP contribution in [0.1, 0.15) is 46.8 Å². The number of aromatic carboxylic acids is 1. The third kappa shape index (κ3) is 2.84. The predicted molar refractivity (Wildman–Crippen MR) is 90.6 cm³/mol. The first-order valence-electron chi connectivity index (χ1n) is 8.88. The van der Waals surface area contributed by atoms with E-state index in [9.17, 15) is 15.1 Å². The molecule has 5 rings (SSSR count). The number of carboxylic acid groups (broad SMARTS) is 1. The average Bonchev–Trinajstić information content (AvgIpc) is 2.91. The zero-order valence-electron chi connectivity index (χ0n) is 13.8. The van der Waals surface area contributed by atoms with E-state index >= 15 is 0 Å². The fourth-order valence-corrected chi connectivity index (χ4v) is 4.64. The Kier molecular flexibility index (Phi) is 4.30. The molecule has 24 heavy (non-hydrogen) atoms. The van der Waals surface area contributed by atoms with Gasteiger partial charge in [-0.2, -0.15) is 0 Å². The van der Waals surface area contributed by atoms with Crippen LogP contribution >= 0.6 is 0 Å². The lowest BCUT2D eigenvalue weighted by Gasteiger charge is -2.45. The molecule has 1 aromatic rings. The second-order valence-electron chi connectivity index (χ2n) is 7.26. The first kappa shape index (κ1) is 16.0. The Labute approximate surface area is 142 Å². The van der Waals surface area contributed by atoms with Gasteiger partial charge in [0, 0.05) is 25.2 Å². The summed E-state index contributed by atoms with van der Waals surface area (Å²) in [4.78, 5) is 14.0. The zero-order chi connectivity index (χ0) is 16.7. The minimum Gasteiger partial charge on any atom is -0.784 e. The van der Waals surface area contributed by atoms with Crippen LogP contribution in [0.3, 0.4) is 0 Å². The van der Waals surface area contributed by atoms with Crippen molar-refractivity contribution in [1.82, 2.24) is 15.3 Å². The van der Waals surface area contributed by atoms with Crippen molar-refractivity contribution in [3.8, 4) is 0 Å². The SMILES string of the molecule is O=C(O)c1cccc2c1C(CCNC1CN3CCC1CC3)N([O-])C2. The lowest BCUT2D eigenvalue weighted by Crippen LogP contribution is -2.56. The predicted octanol–water partition coefficient (Wildman–Crippen LogP) is 1.81. The lowest BCUT2D eigenvalue weighted by molar-refractivity contribution is 0.0692. The molecule has 0 amide bonds. The van der Waals surface area contributed by atoms with Crippen molar-refractivity contribution < 1.29 is 9.90 Å². The highest BCUT2D eigenvalue weighted by molar-refractivity contribution is 5.90. The zero-order valence-corrected chi connectivity index (χ0v) is 13.8. The molecule has 2 bridgehead atoms. The number of carbonyl (C=O) groups is 1. The van der Waals surface area contributed by atoms with E-state index in [-0.39, 0.29) is 11.6 Å². The van der Waals surface area contributed by atoms with Crippen molar-refractivity contribution in [3.63, 3.8) is 0 Å². The summed E-state index contributed by atoms with van der Waals surface area (Å²) < 4.78 is 0. The van der Waals surface area contributed by atoms with Gasteiger partial charge in [-0.1, -0.05) is 12.1 Å². The highest BCUT2D eigenvalue weighted by Crippen LogP contribution is 2.37. The third-order valence-corrected chi connectivity index (χ3v) is 5.91. The molecule has 6 nitrogen and oxygen atoms in total. The molecule has 6 heteroatoms. The second kappa shape index (κ2) is 6.44. The summed E-state index contributed by atoms with van der Waals surface area (Å²) >= 11 is 0. The number of nitrogens with zero attached hydrogens (tertiary/aromatic N) is 2. The molecule has 0 spiro atoms. The van der Waals surface area contributed by atoms with Crippen LogP contribution in [0.15, 0.2) is 18.2 Å². The molecular weight excluding hydrogens is 306 g/mol. The molecule has 0 radical (unpaired) electrons. The highest BCUT2D eigenvalue weighted by Gasteiger charge is 2.34. The van der Waals surface area contributed by atoms with E-state index in [4.69, 9.17) is 0 Å². The van der Waals surface area contributed by atoms with Crippen molar-refractivity contribution in [1.29, 1.82) is 0 Å². The number of hydrogen-bond donors (Lipinski definition) is 2. The quantitative estimate of drug-likeness (QED) is 0.857. The number of hydrogen-bond acceptors (Lipinski definition) is 5. The van der Waals surface area contributed by atoms with Gasteiger partial charge < -0.3 is 25.6 Å². The lowest BCUT2D eigenvalue weighted by atomic mass is 9.84. The number of benzene rings is 1. The summed E-state index contributed by atoms with van der Waals surface area (Å²) in [7, 11) is 0. The normalized spacial score (nSPS) is 32.0. The first-order chi connectivity index (χ1) is 11.6. The maximum atomic E-state index is 12.3. The molecule has 1 aromatic carbocycles. The number of rotatable bonds is 5. The molecular formula is C18H24N3O3-. The number of fused-ring (bicyclic) bond motifs is 4. The molecule has 0 aliphatic carbocycles. The van der Waals surface area contributed by atoms with Crippen molar-refractivity contribution in [2.45, 2.75) is 37.9 Å². The Morgan fingerprint density at radius 2 is 2.12 bits per heavy atom. The standard InChI is InChI=1S/C18H24N3O3/c22-18(23)14-3-1-2-13-10-21(24)16(17(13)14)4-7-19-15-11-20-8-5-12(15)6-9-20/h1-3,12,15-16,19H,4-11H2,(H,22,23)/q-1. The summed E-state index contributed by atoms with van der Waals surface area (Å²) in [5.74, 6) is -0.193. The monoisotopic (exact) mass is 330 g/mol. The topological polar surface area (TPSA) is 78.9 Å². The molecule has 0 saturated carbocycles. The van der Waals surface area contributed by atoms with Crippen LogP contribution in [0.5, 0.6) is 0 Å². The largest absolute Gasteiger partial charge is 0.784 e. The maximum Gasteiger partial charge on any atom is 0.336 e. The van der Waals surface area contributed by atoms with Gasteiger partial charge in [0.15, 0.2) is 0 Å². The van der Waals surface area contributed by atoms with Gasteiger partial charge >= 0.3 is 5.97 Å². The van der Waals surface area contributed by atoms with Crippen molar-refractivity contribution in [3.05, 3.63) is 40.1 Å². The van der Waals surface area contributed by atoms with Crippen molar-refractivity contribution in [2.24, 2.45) is 5.92 Å². The van der Waals surface area contributed by atoms with Gasteiger partial charge in [0.05, 0.1) is 5.56 Å². The molecule has 2 N–H and O–H groups in total. The van der Waals surface area contributed by atoms with Crippen molar-refractivity contribution >= 4 is 5.97 Å². The minimum atomic E-state index is -0.947. The maximum absolute atomic E-state index is 12.3. The van der Waals surface area contributed by atoms with Crippen LogP contribution < -0.4 is 5.32 Å². The van der Waals surface area contributed by atoms with Crippen molar-refractivity contribution in [2.75, 3.05) is 26.2 Å². The Hall–Kier alpha value is -1.47. The molecule has 3 saturated heterocycles. The van der Waals surface area contributed by atoms with Gasteiger partial charge in [0.2, 0.25) is 0 Å². The fraction of sp³-hybridized carbons (Fsp3) is 0.611. The van der Waals surface area contributed by atoms with E-state index in [2.05, 4.69) is 10.2 Å². The van der Waals surface area contributed by atoms with Gasteiger partial charge in [-0.3, -0.25) is 0 Å². The van der Waals surface area contributed by atoms with Gasteiger partial charge in [-0.15, -0.1) is 0 Å². The Balaban J connectivity index is 1.42. The Morgan fingerprint density at radius 1 is 1.33 bits per heavy atom. The van der Waals surface area contributed by atoms with Gasteiger partial charge in [-0.05, 0) is 62.0 Å². The summed E-state index contributed by atoms with van der Waals surface area (Å²) in [5.41, 5.74) is 1.85. The van der Waals surface area contributed by atoms with E-state index < -0.39 is 5.97 Å².